The quantitative estimate of drug-likeness (QED) is 0.306. The van der Waals surface area contributed by atoms with Gasteiger partial charge in [0.05, 0.1) is 21.1 Å². The highest BCUT2D eigenvalue weighted by atomic mass is 35.5. The van der Waals surface area contributed by atoms with E-state index < -0.39 is 29.7 Å². The molecule has 2 aromatic carbocycles. The number of benzene rings is 2. The number of hydrogen-bond acceptors (Lipinski definition) is 4. The Kier molecular flexibility index (Phi) is 5.87. The number of hydrogen-bond donors (Lipinski definition) is 0. The minimum Gasteiger partial charge on any atom is -0.437 e. The Labute approximate surface area is 181 Å². The van der Waals surface area contributed by atoms with Crippen molar-refractivity contribution < 1.29 is 23.6 Å². The SMILES string of the molecule is CC(OC(=O)C[N+](C)(C)C)N1C(=O)N(Cl)C(c2ccccc2)(c2ccccc2)C1=O. The predicted molar refractivity (Wildman–Crippen MR) is 112 cm³/mol. The summed E-state index contributed by atoms with van der Waals surface area (Å²) in [5.41, 5.74) is -0.490. The molecular formula is C22H25ClN3O4+. The topological polar surface area (TPSA) is 66.9 Å². The van der Waals surface area contributed by atoms with Crippen LogP contribution in [-0.2, 0) is 19.9 Å². The normalized spacial score (nSPS) is 17.2. The molecule has 1 fully saturated rings. The monoisotopic (exact) mass is 430 g/mol. The highest BCUT2D eigenvalue weighted by molar-refractivity contribution is 6.29. The molecular weight excluding hydrogens is 406 g/mol. The summed E-state index contributed by atoms with van der Waals surface area (Å²) in [6.07, 6.45) is -1.11. The summed E-state index contributed by atoms with van der Waals surface area (Å²) in [5, 5.41) is 0. The van der Waals surface area contributed by atoms with Gasteiger partial charge in [-0.15, -0.1) is 0 Å². The second-order valence-electron chi connectivity index (χ2n) is 8.22. The zero-order valence-corrected chi connectivity index (χ0v) is 18.2. The van der Waals surface area contributed by atoms with E-state index in [1.54, 1.807) is 48.5 Å². The summed E-state index contributed by atoms with van der Waals surface area (Å²) < 4.78 is 6.66. The first-order chi connectivity index (χ1) is 14.1. The van der Waals surface area contributed by atoms with E-state index in [1.807, 2.05) is 33.3 Å². The third-order valence-corrected chi connectivity index (χ3v) is 5.25. The molecule has 0 N–H and O–H groups in total. The maximum atomic E-state index is 13.7. The standard InChI is InChI=1S/C22H25ClN3O4/c1-16(30-19(27)15-26(2,3)4)24-20(28)22(25(23)21(24)29,17-11-7-5-8-12-17)18-13-9-6-10-14-18/h5-14,16H,15H2,1-4H3/q+1. The van der Waals surface area contributed by atoms with Crippen molar-refractivity contribution in [2.75, 3.05) is 27.7 Å². The van der Waals surface area contributed by atoms with E-state index in [0.29, 0.717) is 15.6 Å². The van der Waals surface area contributed by atoms with Crippen LogP contribution in [0.3, 0.4) is 0 Å². The number of ether oxygens (including phenoxy) is 1. The van der Waals surface area contributed by atoms with Crippen LogP contribution < -0.4 is 0 Å². The molecule has 8 heteroatoms. The largest absolute Gasteiger partial charge is 0.437 e. The van der Waals surface area contributed by atoms with E-state index >= 15 is 0 Å². The molecule has 1 aliphatic heterocycles. The van der Waals surface area contributed by atoms with Gasteiger partial charge in [0.2, 0.25) is 0 Å². The van der Waals surface area contributed by atoms with E-state index in [2.05, 4.69) is 0 Å². The lowest BCUT2D eigenvalue weighted by Crippen LogP contribution is -2.47. The van der Waals surface area contributed by atoms with Crippen molar-refractivity contribution in [2.45, 2.75) is 18.7 Å². The molecule has 0 bridgehead atoms. The van der Waals surface area contributed by atoms with E-state index in [9.17, 15) is 14.4 Å². The fourth-order valence-electron chi connectivity index (χ4n) is 3.57. The Morgan fingerprint density at radius 2 is 1.47 bits per heavy atom. The van der Waals surface area contributed by atoms with Crippen molar-refractivity contribution in [3.05, 3.63) is 71.8 Å². The van der Waals surface area contributed by atoms with Crippen LogP contribution >= 0.6 is 11.8 Å². The predicted octanol–water partition coefficient (Wildman–Crippen LogP) is 2.94. The minimum absolute atomic E-state index is 0.0909. The van der Waals surface area contributed by atoms with Crippen LogP contribution in [0.25, 0.3) is 0 Å². The molecule has 0 aliphatic carbocycles. The smallest absolute Gasteiger partial charge is 0.363 e. The third kappa shape index (κ3) is 3.78. The molecule has 0 aromatic heterocycles. The van der Waals surface area contributed by atoms with Crippen LogP contribution in [0.2, 0.25) is 0 Å². The van der Waals surface area contributed by atoms with E-state index in [4.69, 9.17) is 16.5 Å². The maximum Gasteiger partial charge on any atom is 0.363 e. The van der Waals surface area contributed by atoms with Crippen LogP contribution in [0.5, 0.6) is 0 Å². The summed E-state index contributed by atoms with van der Waals surface area (Å²) in [5.74, 6) is -1.10. The van der Waals surface area contributed by atoms with E-state index in [0.717, 1.165) is 9.32 Å². The number of halogens is 1. The van der Waals surface area contributed by atoms with Gasteiger partial charge in [0.25, 0.3) is 5.91 Å². The number of carbonyl (C=O) groups is 3. The zero-order valence-electron chi connectivity index (χ0n) is 17.4. The Hall–Kier alpha value is -2.90. The molecule has 1 aliphatic rings. The first-order valence-electron chi connectivity index (χ1n) is 9.53. The van der Waals surface area contributed by atoms with Gasteiger partial charge in [-0.2, -0.15) is 0 Å². The van der Waals surface area contributed by atoms with Gasteiger partial charge < -0.3 is 9.22 Å². The molecule has 7 nitrogen and oxygen atoms in total. The Morgan fingerprint density at radius 3 is 1.90 bits per heavy atom. The lowest BCUT2D eigenvalue weighted by Gasteiger charge is -2.31. The second-order valence-corrected chi connectivity index (χ2v) is 8.56. The van der Waals surface area contributed by atoms with Gasteiger partial charge in [-0.1, -0.05) is 60.7 Å². The Morgan fingerprint density at radius 1 is 1.00 bits per heavy atom. The molecule has 0 radical (unpaired) electrons. The van der Waals surface area contributed by atoms with Crippen molar-refractivity contribution in [1.82, 2.24) is 9.32 Å². The molecule has 2 aromatic rings. The molecule has 0 saturated carbocycles. The summed E-state index contributed by atoms with van der Waals surface area (Å²) >= 11 is 6.51. The number of rotatable bonds is 6. The van der Waals surface area contributed by atoms with E-state index in [-0.39, 0.29) is 6.54 Å². The fourth-order valence-corrected chi connectivity index (χ4v) is 3.92. The van der Waals surface area contributed by atoms with E-state index in [1.165, 1.54) is 6.92 Å². The second kappa shape index (κ2) is 8.08. The number of nitrogens with zero attached hydrogens (tertiary/aromatic N) is 3. The van der Waals surface area contributed by atoms with Crippen LogP contribution in [0.15, 0.2) is 60.7 Å². The number of quaternary nitrogens is 1. The summed E-state index contributed by atoms with van der Waals surface area (Å²) in [6, 6.07) is 16.9. The number of imide groups is 1. The van der Waals surface area contributed by atoms with Crippen LogP contribution in [0.4, 0.5) is 4.79 Å². The molecule has 158 valence electrons. The molecule has 3 amide bonds. The van der Waals surface area contributed by atoms with Gasteiger partial charge in [0.1, 0.15) is 0 Å². The maximum absolute atomic E-state index is 13.7. The third-order valence-electron chi connectivity index (χ3n) is 4.85. The average Bonchev–Trinajstić information content (AvgIpc) is 2.88. The Balaban J connectivity index is 2.03. The lowest BCUT2D eigenvalue weighted by atomic mass is 9.82. The summed E-state index contributed by atoms with van der Waals surface area (Å²) in [7, 11) is 5.53. The highest BCUT2D eigenvalue weighted by Crippen LogP contribution is 2.45. The van der Waals surface area contributed by atoms with Crippen molar-refractivity contribution >= 4 is 29.7 Å². The molecule has 3 rings (SSSR count). The number of esters is 1. The zero-order chi connectivity index (χ0) is 22.1. The molecule has 1 saturated heterocycles. The van der Waals surface area contributed by atoms with Crippen molar-refractivity contribution in [3.63, 3.8) is 0 Å². The first kappa shape index (κ1) is 21.8. The van der Waals surface area contributed by atoms with Gasteiger partial charge in [-0.05, 0) is 18.1 Å². The minimum atomic E-state index is -1.57. The average molecular weight is 431 g/mol. The highest BCUT2D eigenvalue weighted by Gasteiger charge is 2.61. The van der Waals surface area contributed by atoms with Crippen molar-refractivity contribution in [2.24, 2.45) is 0 Å². The van der Waals surface area contributed by atoms with Gasteiger partial charge in [0, 0.05) is 11.8 Å². The van der Waals surface area contributed by atoms with Gasteiger partial charge in [-0.25, -0.2) is 18.9 Å². The van der Waals surface area contributed by atoms with Crippen molar-refractivity contribution in [3.8, 4) is 0 Å². The van der Waals surface area contributed by atoms with Gasteiger partial charge >= 0.3 is 12.0 Å². The molecule has 1 unspecified atom stereocenters. The van der Waals surface area contributed by atoms with Crippen LogP contribution in [0, 0.1) is 0 Å². The lowest BCUT2D eigenvalue weighted by molar-refractivity contribution is -0.862. The number of carbonyl (C=O) groups excluding carboxylic acids is 3. The summed E-state index contributed by atoms with van der Waals surface area (Å²) in [4.78, 5) is 40.0. The molecule has 1 heterocycles. The molecule has 0 spiro atoms. The Bertz CT molecular complexity index is 904. The first-order valence-corrected chi connectivity index (χ1v) is 9.87. The number of amides is 3. The van der Waals surface area contributed by atoms with Gasteiger partial charge in [-0.3, -0.25) is 4.79 Å². The molecule has 30 heavy (non-hydrogen) atoms. The van der Waals surface area contributed by atoms with Gasteiger partial charge in [0.15, 0.2) is 18.3 Å². The molecule has 1 atom stereocenters. The summed E-state index contributed by atoms with van der Waals surface area (Å²) in [6.45, 7) is 1.58. The van der Waals surface area contributed by atoms with Crippen molar-refractivity contribution in [1.29, 1.82) is 0 Å². The number of urea groups is 1. The number of likely N-dealkylation sites (N-methyl/N-ethyl adjacent to an activating group) is 1. The van der Waals surface area contributed by atoms with Crippen LogP contribution in [0.1, 0.15) is 18.1 Å². The fraction of sp³-hybridized carbons (Fsp3) is 0.318. The van der Waals surface area contributed by atoms with Crippen LogP contribution in [-0.4, -0.2) is 65.6 Å².